The van der Waals surface area contributed by atoms with Gasteiger partial charge in [-0.25, -0.2) is 5.01 Å². The van der Waals surface area contributed by atoms with E-state index < -0.39 is 6.10 Å². The number of hydrazone groups is 1. The number of β-lactam (4-membered cyclic amide) rings is 1. The molecule has 1 aliphatic rings. The minimum Gasteiger partial charge on any atom is -0.497 e. The SMILES string of the molecule is COc1ccc(/C=N\N2C(=O)[C@@H](Oc3ccccc3)[C@H]2c2ccc(OC)cc2)cc1. The van der Waals surface area contributed by atoms with Gasteiger partial charge < -0.3 is 14.2 Å². The van der Waals surface area contributed by atoms with Crippen LogP contribution < -0.4 is 14.2 Å². The van der Waals surface area contributed by atoms with Crippen LogP contribution in [0.1, 0.15) is 17.2 Å². The Hall–Kier alpha value is -3.80. The molecule has 1 fully saturated rings. The minimum absolute atomic E-state index is 0.190. The van der Waals surface area contributed by atoms with Gasteiger partial charge in [-0.05, 0) is 59.7 Å². The van der Waals surface area contributed by atoms with E-state index in [2.05, 4.69) is 5.10 Å². The number of benzene rings is 3. The summed E-state index contributed by atoms with van der Waals surface area (Å²) in [6.07, 6.45) is 1.01. The molecule has 0 aromatic heterocycles. The third-order valence-corrected chi connectivity index (χ3v) is 4.93. The maximum atomic E-state index is 12.8. The Labute approximate surface area is 175 Å². The van der Waals surface area contributed by atoms with Crippen LogP contribution in [0.15, 0.2) is 84.0 Å². The van der Waals surface area contributed by atoms with Gasteiger partial charge in [-0.3, -0.25) is 4.79 Å². The predicted octanol–water partition coefficient (Wildman–Crippen LogP) is 4.07. The second-order valence-electron chi connectivity index (χ2n) is 6.77. The second kappa shape index (κ2) is 8.69. The van der Waals surface area contributed by atoms with E-state index in [4.69, 9.17) is 14.2 Å². The van der Waals surface area contributed by atoms with Crippen LogP contribution in [-0.2, 0) is 4.79 Å². The fourth-order valence-corrected chi connectivity index (χ4v) is 3.27. The molecule has 30 heavy (non-hydrogen) atoms. The summed E-state index contributed by atoms with van der Waals surface area (Å²) in [4.78, 5) is 12.8. The zero-order valence-electron chi connectivity index (χ0n) is 16.8. The molecular formula is C24H22N2O4. The zero-order chi connectivity index (χ0) is 20.9. The first-order valence-corrected chi connectivity index (χ1v) is 9.56. The number of carbonyl (C=O) groups is 1. The van der Waals surface area contributed by atoms with Crippen molar-refractivity contribution < 1.29 is 19.0 Å². The standard InChI is InChI=1S/C24H22N2O4/c1-28-19-12-8-17(9-13-19)16-25-26-22(18-10-14-20(29-2)15-11-18)23(24(26)27)30-21-6-4-3-5-7-21/h3-16,22-23H,1-2H3/b25-16-/t22-,23+/m1/s1. The first-order chi connectivity index (χ1) is 14.7. The molecule has 0 saturated carbocycles. The smallest absolute Gasteiger partial charge is 0.287 e. The second-order valence-corrected chi connectivity index (χ2v) is 6.77. The Morgan fingerprint density at radius 2 is 1.40 bits per heavy atom. The molecule has 3 aromatic carbocycles. The van der Waals surface area contributed by atoms with Gasteiger partial charge in [-0.15, -0.1) is 0 Å². The van der Waals surface area contributed by atoms with Gasteiger partial charge in [-0.2, -0.15) is 5.10 Å². The summed E-state index contributed by atoms with van der Waals surface area (Å²) in [6, 6.07) is 24.0. The number of rotatable bonds is 7. The molecule has 0 bridgehead atoms. The largest absolute Gasteiger partial charge is 0.497 e. The van der Waals surface area contributed by atoms with Crippen LogP contribution in [0, 0.1) is 0 Å². The van der Waals surface area contributed by atoms with E-state index in [9.17, 15) is 4.79 Å². The van der Waals surface area contributed by atoms with Crippen molar-refractivity contribution in [2.75, 3.05) is 14.2 Å². The third kappa shape index (κ3) is 3.98. The number of hydrogen-bond donors (Lipinski definition) is 0. The first-order valence-electron chi connectivity index (χ1n) is 9.56. The number of methoxy groups -OCH3 is 2. The number of hydrogen-bond acceptors (Lipinski definition) is 5. The Morgan fingerprint density at radius 3 is 2.00 bits per heavy atom. The molecule has 1 aliphatic heterocycles. The first kappa shape index (κ1) is 19.5. The van der Waals surface area contributed by atoms with Gasteiger partial charge >= 0.3 is 0 Å². The van der Waals surface area contributed by atoms with Gasteiger partial charge in [-0.1, -0.05) is 30.3 Å². The van der Waals surface area contributed by atoms with Crippen LogP contribution >= 0.6 is 0 Å². The van der Waals surface area contributed by atoms with E-state index in [0.717, 1.165) is 22.6 Å². The Kier molecular flexibility index (Phi) is 5.66. The van der Waals surface area contributed by atoms with Gasteiger partial charge in [0.2, 0.25) is 6.10 Å². The maximum Gasteiger partial charge on any atom is 0.287 e. The van der Waals surface area contributed by atoms with Crippen molar-refractivity contribution in [3.63, 3.8) is 0 Å². The summed E-state index contributed by atoms with van der Waals surface area (Å²) in [7, 11) is 3.24. The molecule has 0 N–H and O–H groups in total. The van der Waals surface area contributed by atoms with Crippen molar-refractivity contribution in [3.8, 4) is 17.2 Å². The van der Waals surface area contributed by atoms with Crippen molar-refractivity contribution in [3.05, 3.63) is 90.0 Å². The van der Waals surface area contributed by atoms with Crippen LogP contribution in [0.5, 0.6) is 17.2 Å². The monoisotopic (exact) mass is 402 g/mol. The molecule has 1 saturated heterocycles. The molecular weight excluding hydrogens is 380 g/mol. The van der Waals surface area contributed by atoms with E-state index in [1.165, 1.54) is 5.01 Å². The Morgan fingerprint density at radius 1 is 0.800 bits per heavy atom. The molecule has 0 unspecified atom stereocenters. The van der Waals surface area contributed by atoms with Crippen LogP contribution in [0.4, 0.5) is 0 Å². The highest BCUT2D eigenvalue weighted by Gasteiger charge is 2.50. The molecule has 1 amide bonds. The summed E-state index contributed by atoms with van der Waals surface area (Å²) >= 11 is 0. The summed E-state index contributed by atoms with van der Waals surface area (Å²) in [5.74, 6) is 1.97. The van der Waals surface area contributed by atoms with Gasteiger partial charge in [0.15, 0.2) is 0 Å². The average molecular weight is 402 g/mol. The van der Waals surface area contributed by atoms with E-state index in [0.29, 0.717) is 5.75 Å². The van der Waals surface area contributed by atoms with Crippen molar-refractivity contribution in [2.45, 2.75) is 12.1 Å². The van der Waals surface area contributed by atoms with Gasteiger partial charge in [0, 0.05) is 0 Å². The molecule has 2 atom stereocenters. The summed E-state index contributed by atoms with van der Waals surface area (Å²) in [6.45, 7) is 0. The molecule has 0 spiro atoms. The molecule has 4 rings (SSSR count). The predicted molar refractivity (Wildman–Crippen MR) is 114 cm³/mol. The highest BCUT2D eigenvalue weighted by molar-refractivity contribution is 5.91. The summed E-state index contributed by atoms with van der Waals surface area (Å²) < 4.78 is 16.4. The van der Waals surface area contributed by atoms with E-state index in [1.54, 1.807) is 20.4 Å². The zero-order valence-corrected chi connectivity index (χ0v) is 16.8. The lowest BCUT2D eigenvalue weighted by molar-refractivity contribution is -0.164. The van der Waals surface area contributed by atoms with Crippen LogP contribution in [0.25, 0.3) is 0 Å². The molecule has 0 aliphatic carbocycles. The van der Waals surface area contributed by atoms with Crippen molar-refractivity contribution >= 4 is 12.1 Å². The Bertz CT molecular complexity index is 1020. The van der Waals surface area contributed by atoms with Crippen LogP contribution in [0.2, 0.25) is 0 Å². The molecule has 0 radical (unpaired) electrons. The van der Waals surface area contributed by atoms with Gasteiger partial charge in [0.25, 0.3) is 5.91 Å². The van der Waals surface area contributed by atoms with Gasteiger partial charge in [0.05, 0.1) is 20.4 Å². The maximum absolute atomic E-state index is 12.8. The third-order valence-electron chi connectivity index (χ3n) is 4.93. The lowest BCUT2D eigenvalue weighted by Crippen LogP contribution is -2.58. The number of para-hydroxylation sites is 1. The van der Waals surface area contributed by atoms with Crippen molar-refractivity contribution in [1.29, 1.82) is 0 Å². The topological polar surface area (TPSA) is 60.4 Å². The van der Waals surface area contributed by atoms with Crippen molar-refractivity contribution in [2.24, 2.45) is 5.10 Å². The number of carbonyl (C=O) groups excluding carboxylic acids is 1. The number of amides is 1. The summed E-state index contributed by atoms with van der Waals surface area (Å²) in [5.41, 5.74) is 1.78. The highest BCUT2D eigenvalue weighted by Crippen LogP contribution is 2.38. The Balaban J connectivity index is 1.58. The van der Waals surface area contributed by atoms with Crippen LogP contribution in [-0.4, -0.2) is 37.5 Å². The fourth-order valence-electron chi connectivity index (χ4n) is 3.27. The summed E-state index contributed by atoms with van der Waals surface area (Å²) in [5, 5.41) is 5.89. The quantitative estimate of drug-likeness (QED) is 0.442. The molecule has 6 heteroatoms. The average Bonchev–Trinajstić information content (AvgIpc) is 2.81. The molecule has 6 nitrogen and oxygen atoms in total. The van der Waals surface area contributed by atoms with E-state index >= 15 is 0 Å². The fraction of sp³-hybridized carbons (Fsp3) is 0.167. The highest BCUT2D eigenvalue weighted by atomic mass is 16.5. The minimum atomic E-state index is -0.645. The lowest BCUT2D eigenvalue weighted by atomic mass is 9.92. The molecule has 1 heterocycles. The van der Waals surface area contributed by atoms with Crippen molar-refractivity contribution in [1.82, 2.24) is 5.01 Å². The molecule has 3 aromatic rings. The molecule has 152 valence electrons. The van der Waals surface area contributed by atoms with Crippen LogP contribution in [0.3, 0.4) is 0 Å². The van der Waals surface area contributed by atoms with Gasteiger partial charge in [0.1, 0.15) is 23.3 Å². The normalized spacial score (nSPS) is 18.2. The lowest BCUT2D eigenvalue weighted by Gasteiger charge is -2.43. The van der Waals surface area contributed by atoms with E-state index in [-0.39, 0.29) is 11.9 Å². The van der Waals surface area contributed by atoms with E-state index in [1.807, 2.05) is 78.9 Å². The number of nitrogens with zero attached hydrogens (tertiary/aromatic N) is 2. The number of ether oxygens (including phenoxy) is 3.